The zero-order valence-corrected chi connectivity index (χ0v) is 19.6. The van der Waals surface area contributed by atoms with Crippen LogP contribution in [0.2, 0.25) is 0 Å². The first-order valence-corrected chi connectivity index (χ1v) is 12.1. The summed E-state index contributed by atoms with van der Waals surface area (Å²) in [7, 11) is -4.01. The Balaban J connectivity index is 1.67. The van der Waals surface area contributed by atoms with E-state index in [0.717, 1.165) is 14.3 Å². The minimum atomic E-state index is -4.01. The van der Waals surface area contributed by atoms with Gasteiger partial charge >= 0.3 is 0 Å². The second-order valence-corrected chi connectivity index (χ2v) is 9.88. The normalized spacial score (nSPS) is 12.8. The number of hydrogen-bond acceptors (Lipinski definition) is 5. The number of rotatable bonds is 6. The Bertz CT molecular complexity index is 1250. The van der Waals surface area contributed by atoms with E-state index >= 15 is 0 Å². The zero-order valence-electron chi connectivity index (χ0n) is 17.2. The highest BCUT2D eigenvalue weighted by Crippen LogP contribution is 2.35. The number of hydrogen-bond donors (Lipinski definition) is 1. The minimum Gasteiger partial charge on any atom is -0.486 e. The summed E-state index contributed by atoms with van der Waals surface area (Å²) in [6, 6.07) is 18.2. The van der Waals surface area contributed by atoms with Crippen LogP contribution in [0.1, 0.15) is 5.56 Å². The summed E-state index contributed by atoms with van der Waals surface area (Å²) < 4.78 is 40.0. The van der Waals surface area contributed by atoms with Crippen LogP contribution in [0.5, 0.6) is 11.5 Å². The second-order valence-electron chi connectivity index (χ2n) is 7.16. The van der Waals surface area contributed by atoms with Gasteiger partial charge in [-0.1, -0.05) is 34.1 Å². The molecule has 1 N–H and O–H groups in total. The topological polar surface area (TPSA) is 84.9 Å². The monoisotopic (exact) mass is 516 g/mol. The van der Waals surface area contributed by atoms with Crippen LogP contribution < -0.4 is 19.1 Å². The maximum Gasteiger partial charge on any atom is 0.264 e. The fourth-order valence-corrected chi connectivity index (χ4v) is 4.96. The van der Waals surface area contributed by atoms with E-state index in [2.05, 4.69) is 21.2 Å². The van der Waals surface area contributed by atoms with Crippen LogP contribution in [0.4, 0.5) is 11.4 Å². The molecule has 1 amide bonds. The summed E-state index contributed by atoms with van der Waals surface area (Å²) in [5, 5.41) is 2.77. The number of benzene rings is 3. The molecule has 3 aromatic carbocycles. The summed E-state index contributed by atoms with van der Waals surface area (Å²) in [4.78, 5) is 13.0. The summed E-state index contributed by atoms with van der Waals surface area (Å²) in [5.74, 6) is 0.499. The maximum atomic E-state index is 13.5. The number of aryl methyl sites for hydroxylation is 1. The van der Waals surface area contributed by atoms with Crippen LogP contribution in [0.25, 0.3) is 0 Å². The molecule has 32 heavy (non-hydrogen) atoms. The van der Waals surface area contributed by atoms with Crippen molar-refractivity contribution in [1.82, 2.24) is 0 Å². The first-order valence-electron chi connectivity index (χ1n) is 9.88. The predicted molar refractivity (Wildman–Crippen MR) is 126 cm³/mol. The first-order chi connectivity index (χ1) is 15.3. The van der Waals surface area contributed by atoms with Crippen molar-refractivity contribution in [2.24, 2.45) is 0 Å². The largest absolute Gasteiger partial charge is 0.486 e. The first kappa shape index (κ1) is 22.2. The predicted octanol–water partition coefficient (Wildman–Crippen LogP) is 4.36. The molecule has 1 heterocycles. The van der Waals surface area contributed by atoms with Gasteiger partial charge in [0, 0.05) is 16.2 Å². The third-order valence-electron chi connectivity index (χ3n) is 4.87. The smallest absolute Gasteiger partial charge is 0.264 e. The molecule has 0 atom stereocenters. The molecule has 0 radical (unpaired) electrons. The Morgan fingerprint density at radius 3 is 2.44 bits per heavy atom. The van der Waals surface area contributed by atoms with E-state index in [1.807, 2.05) is 19.1 Å². The number of sulfonamides is 1. The minimum absolute atomic E-state index is 0.0853. The van der Waals surface area contributed by atoms with Gasteiger partial charge in [-0.3, -0.25) is 9.10 Å². The van der Waals surface area contributed by atoms with Crippen molar-refractivity contribution in [3.8, 4) is 11.5 Å². The van der Waals surface area contributed by atoms with E-state index < -0.39 is 22.5 Å². The molecular formula is C23H21BrN2O5S. The molecule has 0 spiro atoms. The van der Waals surface area contributed by atoms with Crippen molar-refractivity contribution >= 4 is 43.2 Å². The Hall–Kier alpha value is -3.04. The van der Waals surface area contributed by atoms with Crippen LogP contribution in [-0.2, 0) is 14.8 Å². The van der Waals surface area contributed by atoms with Crippen molar-refractivity contribution in [2.75, 3.05) is 29.4 Å². The molecular weight excluding hydrogens is 496 g/mol. The SMILES string of the molecule is Cc1cc(NC(=O)CN(c2ccc3c(c2)OCCO3)S(=O)(=O)c2ccccc2)ccc1Br. The van der Waals surface area contributed by atoms with Crippen LogP contribution in [0.3, 0.4) is 0 Å². The quantitative estimate of drug-likeness (QED) is 0.525. The highest BCUT2D eigenvalue weighted by molar-refractivity contribution is 9.10. The van der Waals surface area contributed by atoms with Crippen molar-refractivity contribution in [2.45, 2.75) is 11.8 Å². The van der Waals surface area contributed by atoms with Crippen molar-refractivity contribution < 1.29 is 22.7 Å². The maximum absolute atomic E-state index is 13.5. The van der Waals surface area contributed by atoms with E-state index in [1.54, 1.807) is 42.5 Å². The number of ether oxygens (including phenoxy) is 2. The average Bonchev–Trinajstić information content (AvgIpc) is 2.80. The van der Waals surface area contributed by atoms with Crippen LogP contribution in [-0.4, -0.2) is 34.1 Å². The molecule has 0 fully saturated rings. The third kappa shape index (κ3) is 4.73. The fourth-order valence-electron chi connectivity index (χ4n) is 3.28. The molecule has 7 nitrogen and oxygen atoms in total. The standard InChI is InChI=1S/C23H21BrN2O5S/c1-16-13-17(7-9-20(16)24)25-23(27)15-26(32(28,29)19-5-3-2-4-6-19)18-8-10-21-22(14-18)31-12-11-30-21/h2-10,13-14H,11-12,15H2,1H3,(H,25,27). The van der Waals surface area contributed by atoms with Crippen LogP contribution in [0, 0.1) is 6.92 Å². The number of anilines is 2. The highest BCUT2D eigenvalue weighted by atomic mass is 79.9. The second kappa shape index (κ2) is 9.22. The molecule has 0 saturated heterocycles. The number of amides is 1. The highest BCUT2D eigenvalue weighted by Gasteiger charge is 2.28. The molecule has 166 valence electrons. The summed E-state index contributed by atoms with van der Waals surface area (Å²) in [6.07, 6.45) is 0. The van der Waals surface area contributed by atoms with E-state index in [-0.39, 0.29) is 4.90 Å². The Kier molecular flexibility index (Phi) is 6.38. The Labute approximate surface area is 195 Å². The number of carbonyl (C=O) groups excluding carboxylic acids is 1. The van der Waals surface area contributed by atoms with Gasteiger partial charge in [0.2, 0.25) is 5.91 Å². The van der Waals surface area contributed by atoms with Gasteiger partial charge < -0.3 is 14.8 Å². The van der Waals surface area contributed by atoms with Gasteiger partial charge in [-0.25, -0.2) is 8.42 Å². The van der Waals surface area contributed by atoms with Gasteiger partial charge in [0.05, 0.1) is 10.6 Å². The Morgan fingerprint density at radius 2 is 1.72 bits per heavy atom. The lowest BCUT2D eigenvalue weighted by atomic mass is 10.2. The molecule has 0 aliphatic carbocycles. The average molecular weight is 517 g/mol. The lowest BCUT2D eigenvalue weighted by molar-refractivity contribution is -0.114. The van der Waals surface area contributed by atoms with Gasteiger partial charge in [-0.05, 0) is 55.0 Å². The van der Waals surface area contributed by atoms with Crippen molar-refractivity contribution in [3.05, 3.63) is 76.8 Å². The van der Waals surface area contributed by atoms with Gasteiger partial charge in [-0.2, -0.15) is 0 Å². The zero-order chi connectivity index (χ0) is 22.7. The summed E-state index contributed by atoms with van der Waals surface area (Å²) >= 11 is 3.43. The third-order valence-corrected chi connectivity index (χ3v) is 7.55. The van der Waals surface area contributed by atoms with E-state index in [4.69, 9.17) is 9.47 Å². The van der Waals surface area contributed by atoms with Crippen LogP contribution in [0.15, 0.2) is 76.1 Å². The lowest BCUT2D eigenvalue weighted by Gasteiger charge is -2.26. The number of fused-ring (bicyclic) bond motifs is 1. The molecule has 3 aromatic rings. The Morgan fingerprint density at radius 1 is 1.00 bits per heavy atom. The number of carbonyl (C=O) groups is 1. The van der Waals surface area contributed by atoms with E-state index in [0.29, 0.717) is 36.1 Å². The fraction of sp³-hybridized carbons (Fsp3) is 0.174. The molecule has 0 unspecified atom stereocenters. The molecule has 0 bridgehead atoms. The lowest BCUT2D eigenvalue weighted by Crippen LogP contribution is -2.38. The molecule has 1 aliphatic heterocycles. The molecule has 9 heteroatoms. The van der Waals surface area contributed by atoms with Crippen LogP contribution >= 0.6 is 15.9 Å². The number of nitrogens with one attached hydrogen (secondary N) is 1. The van der Waals surface area contributed by atoms with E-state index in [9.17, 15) is 13.2 Å². The molecule has 4 rings (SSSR count). The summed E-state index contributed by atoms with van der Waals surface area (Å²) in [5.41, 5.74) is 1.83. The van der Waals surface area contributed by atoms with Crippen molar-refractivity contribution in [3.63, 3.8) is 0 Å². The molecule has 0 aromatic heterocycles. The van der Waals surface area contributed by atoms with Gasteiger partial charge in [0.1, 0.15) is 19.8 Å². The number of halogens is 1. The summed E-state index contributed by atoms with van der Waals surface area (Å²) in [6.45, 7) is 2.28. The van der Waals surface area contributed by atoms with Crippen molar-refractivity contribution in [1.29, 1.82) is 0 Å². The number of nitrogens with zero attached hydrogens (tertiary/aromatic N) is 1. The van der Waals surface area contributed by atoms with Gasteiger partial charge in [0.25, 0.3) is 10.0 Å². The van der Waals surface area contributed by atoms with Gasteiger partial charge in [0.15, 0.2) is 11.5 Å². The molecule has 0 saturated carbocycles. The molecule has 1 aliphatic rings. The van der Waals surface area contributed by atoms with Gasteiger partial charge in [-0.15, -0.1) is 0 Å². The van der Waals surface area contributed by atoms with E-state index in [1.165, 1.54) is 12.1 Å².